The predicted octanol–water partition coefficient (Wildman–Crippen LogP) is 4.11. The molecule has 0 saturated carbocycles. The van der Waals surface area contributed by atoms with Crippen LogP contribution in [0.25, 0.3) is 0 Å². The molecule has 2 rings (SSSR count). The van der Waals surface area contributed by atoms with Crippen molar-refractivity contribution >= 4 is 11.6 Å². The Morgan fingerprint density at radius 2 is 1.88 bits per heavy atom. The van der Waals surface area contributed by atoms with Gasteiger partial charge in [-0.25, -0.2) is 0 Å². The summed E-state index contributed by atoms with van der Waals surface area (Å²) < 4.78 is 48.3. The fourth-order valence-electron chi connectivity index (χ4n) is 2.16. The number of hydrogen-bond acceptors (Lipinski definition) is 3. The highest BCUT2D eigenvalue weighted by Crippen LogP contribution is 2.30. The molecule has 0 unspecified atom stereocenters. The molecule has 1 N–H and O–H groups in total. The molecule has 0 aliphatic heterocycles. The second kappa shape index (κ2) is 7.35. The fraction of sp³-hybridized carbons (Fsp3) is 0.235. The van der Waals surface area contributed by atoms with E-state index in [2.05, 4.69) is 5.32 Å². The van der Waals surface area contributed by atoms with Crippen molar-refractivity contribution in [2.45, 2.75) is 12.8 Å². The van der Waals surface area contributed by atoms with Gasteiger partial charge in [-0.05, 0) is 36.4 Å². The standard InChI is InChI=1S/C17H16F3NO3/c1-23-10-12-8-11(6-7-15(12)24-2)16(22)21-14-5-3-4-13(9-14)17(18,19)20/h3-9H,10H2,1-2H3,(H,21,22). The van der Waals surface area contributed by atoms with E-state index in [1.807, 2.05) is 0 Å². The summed E-state index contributed by atoms with van der Waals surface area (Å²) in [6.07, 6.45) is -4.47. The lowest BCUT2D eigenvalue weighted by atomic mass is 10.1. The highest BCUT2D eigenvalue weighted by Gasteiger charge is 2.30. The van der Waals surface area contributed by atoms with Gasteiger partial charge in [-0.1, -0.05) is 6.07 Å². The average Bonchev–Trinajstić information content (AvgIpc) is 2.54. The molecule has 0 heterocycles. The number of alkyl halides is 3. The molecule has 2 aromatic rings. The van der Waals surface area contributed by atoms with Gasteiger partial charge < -0.3 is 14.8 Å². The number of methoxy groups -OCH3 is 2. The Kier molecular flexibility index (Phi) is 5.46. The van der Waals surface area contributed by atoms with Gasteiger partial charge in [0.05, 0.1) is 19.3 Å². The first-order valence-corrected chi connectivity index (χ1v) is 6.99. The zero-order valence-corrected chi connectivity index (χ0v) is 13.1. The topological polar surface area (TPSA) is 47.6 Å². The van der Waals surface area contributed by atoms with Crippen molar-refractivity contribution in [1.29, 1.82) is 0 Å². The molecule has 0 atom stereocenters. The van der Waals surface area contributed by atoms with E-state index >= 15 is 0 Å². The first-order valence-electron chi connectivity index (χ1n) is 6.99. The van der Waals surface area contributed by atoms with Crippen LogP contribution in [0.4, 0.5) is 18.9 Å². The monoisotopic (exact) mass is 339 g/mol. The van der Waals surface area contributed by atoms with Crippen LogP contribution in [-0.2, 0) is 17.5 Å². The number of nitrogens with one attached hydrogen (secondary N) is 1. The van der Waals surface area contributed by atoms with Crippen LogP contribution in [0.2, 0.25) is 0 Å². The molecule has 1 amide bonds. The Hall–Kier alpha value is -2.54. The van der Waals surface area contributed by atoms with Gasteiger partial charge in [0.1, 0.15) is 5.75 Å². The Morgan fingerprint density at radius 1 is 1.12 bits per heavy atom. The maximum atomic E-state index is 12.7. The summed E-state index contributed by atoms with van der Waals surface area (Å²) in [7, 11) is 3.01. The van der Waals surface area contributed by atoms with Crippen LogP contribution in [-0.4, -0.2) is 20.1 Å². The smallest absolute Gasteiger partial charge is 0.416 e. The van der Waals surface area contributed by atoms with Crippen LogP contribution >= 0.6 is 0 Å². The summed E-state index contributed by atoms with van der Waals surface area (Å²) in [5.41, 5.74) is 0.200. The maximum Gasteiger partial charge on any atom is 0.416 e. The van der Waals surface area contributed by atoms with Crippen LogP contribution in [0, 0.1) is 0 Å². The summed E-state index contributed by atoms with van der Waals surface area (Å²) in [6.45, 7) is 0.244. The number of carbonyl (C=O) groups excluding carboxylic acids is 1. The van der Waals surface area contributed by atoms with Crippen LogP contribution < -0.4 is 10.1 Å². The van der Waals surface area contributed by atoms with Crippen molar-refractivity contribution < 1.29 is 27.4 Å². The van der Waals surface area contributed by atoms with E-state index < -0.39 is 17.6 Å². The summed E-state index contributed by atoms with van der Waals surface area (Å²) in [4.78, 5) is 12.3. The van der Waals surface area contributed by atoms with Gasteiger partial charge in [0.25, 0.3) is 5.91 Å². The number of amides is 1. The second-order valence-electron chi connectivity index (χ2n) is 4.99. The van der Waals surface area contributed by atoms with Gasteiger partial charge in [0.15, 0.2) is 0 Å². The van der Waals surface area contributed by atoms with Gasteiger partial charge in [0.2, 0.25) is 0 Å². The van der Waals surface area contributed by atoms with E-state index in [9.17, 15) is 18.0 Å². The largest absolute Gasteiger partial charge is 0.496 e. The van der Waals surface area contributed by atoms with Crippen LogP contribution in [0.5, 0.6) is 5.75 Å². The molecule has 0 aliphatic carbocycles. The quantitative estimate of drug-likeness (QED) is 0.892. The van der Waals surface area contributed by atoms with Crippen LogP contribution in [0.15, 0.2) is 42.5 Å². The van der Waals surface area contributed by atoms with Gasteiger partial charge >= 0.3 is 6.18 Å². The number of anilines is 1. The molecule has 7 heteroatoms. The summed E-state index contributed by atoms with van der Waals surface area (Å²) in [6, 6.07) is 9.17. The molecule has 0 bridgehead atoms. The summed E-state index contributed by atoms with van der Waals surface area (Å²) in [5.74, 6) is 0.0433. The van der Waals surface area contributed by atoms with E-state index in [-0.39, 0.29) is 12.3 Å². The zero-order chi connectivity index (χ0) is 17.7. The van der Waals surface area contributed by atoms with Gasteiger partial charge in [-0.3, -0.25) is 4.79 Å². The van der Waals surface area contributed by atoms with Crippen molar-refractivity contribution in [3.05, 3.63) is 59.2 Å². The van der Waals surface area contributed by atoms with Gasteiger partial charge in [0, 0.05) is 23.9 Å². The number of benzene rings is 2. The number of hydrogen-bond donors (Lipinski definition) is 1. The third kappa shape index (κ3) is 4.26. The Labute approximate surface area is 137 Å². The lowest BCUT2D eigenvalue weighted by molar-refractivity contribution is -0.137. The zero-order valence-electron chi connectivity index (χ0n) is 13.1. The van der Waals surface area contributed by atoms with E-state index in [0.29, 0.717) is 16.9 Å². The number of ether oxygens (including phenoxy) is 2. The van der Waals surface area contributed by atoms with Gasteiger partial charge in [-0.2, -0.15) is 13.2 Å². The van der Waals surface area contributed by atoms with Crippen molar-refractivity contribution in [3.63, 3.8) is 0 Å². The normalized spacial score (nSPS) is 11.2. The summed E-state index contributed by atoms with van der Waals surface area (Å²) >= 11 is 0. The molecule has 0 aromatic heterocycles. The van der Waals surface area contributed by atoms with E-state index in [0.717, 1.165) is 12.1 Å². The third-order valence-corrected chi connectivity index (χ3v) is 3.29. The van der Waals surface area contributed by atoms with Crippen molar-refractivity contribution in [2.24, 2.45) is 0 Å². The number of rotatable bonds is 5. The SMILES string of the molecule is COCc1cc(C(=O)Nc2cccc(C(F)(F)F)c2)ccc1OC. The Morgan fingerprint density at radius 3 is 2.50 bits per heavy atom. The van der Waals surface area contributed by atoms with Crippen molar-refractivity contribution in [2.75, 3.05) is 19.5 Å². The molecule has 0 aliphatic rings. The molecule has 0 fully saturated rings. The van der Waals surface area contributed by atoms with Crippen molar-refractivity contribution in [1.82, 2.24) is 0 Å². The third-order valence-electron chi connectivity index (χ3n) is 3.29. The number of carbonyl (C=O) groups is 1. The molecule has 4 nitrogen and oxygen atoms in total. The highest BCUT2D eigenvalue weighted by molar-refractivity contribution is 6.04. The molecule has 24 heavy (non-hydrogen) atoms. The lowest BCUT2D eigenvalue weighted by Crippen LogP contribution is -2.13. The molecule has 128 valence electrons. The lowest BCUT2D eigenvalue weighted by Gasteiger charge is -2.12. The first kappa shape index (κ1) is 17.8. The van der Waals surface area contributed by atoms with E-state index in [4.69, 9.17) is 9.47 Å². The molecule has 0 spiro atoms. The predicted molar refractivity (Wildman–Crippen MR) is 83.1 cm³/mol. The van der Waals surface area contributed by atoms with Crippen molar-refractivity contribution in [3.8, 4) is 5.75 Å². The summed E-state index contributed by atoms with van der Waals surface area (Å²) in [5, 5.41) is 2.46. The molecular weight excluding hydrogens is 323 g/mol. The fourth-order valence-corrected chi connectivity index (χ4v) is 2.16. The molecule has 0 saturated heterocycles. The minimum Gasteiger partial charge on any atom is -0.496 e. The minimum absolute atomic E-state index is 0.0685. The Bertz CT molecular complexity index is 729. The molecule has 0 radical (unpaired) electrons. The average molecular weight is 339 g/mol. The minimum atomic E-state index is -4.47. The maximum absolute atomic E-state index is 12.7. The van der Waals surface area contributed by atoms with Crippen LogP contribution in [0.3, 0.4) is 0 Å². The molecular formula is C17H16F3NO3. The Balaban J connectivity index is 2.22. The first-order chi connectivity index (χ1) is 11.3. The van der Waals surface area contributed by atoms with Crippen LogP contribution in [0.1, 0.15) is 21.5 Å². The number of halogens is 3. The van der Waals surface area contributed by atoms with E-state index in [1.165, 1.54) is 32.4 Å². The van der Waals surface area contributed by atoms with E-state index in [1.54, 1.807) is 12.1 Å². The second-order valence-corrected chi connectivity index (χ2v) is 4.99. The van der Waals surface area contributed by atoms with Gasteiger partial charge in [-0.15, -0.1) is 0 Å². The highest BCUT2D eigenvalue weighted by atomic mass is 19.4. The molecule has 2 aromatic carbocycles.